The summed E-state index contributed by atoms with van der Waals surface area (Å²) in [5, 5.41) is 19.2. The van der Waals surface area contributed by atoms with Crippen molar-refractivity contribution in [2.45, 2.75) is 33.4 Å². The zero-order valence-electron chi connectivity index (χ0n) is 9.84. The van der Waals surface area contributed by atoms with Crippen LogP contribution in [0.3, 0.4) is 0 Å². The number of aromatic nitrogens is 3. The van der Waals surface area contributed by atoms with Crippen LogP contribution >= 0.6 is 0 Å². The number of carboxylic acid groups (broad SMARTS) is 1. The van der Waals surface area contributed by atoms with E-state index in [1.165, 1.54) is 10.9 Å². The van der Waals surface area contributed by atoms with E-state index in [9.17, 15) is 4.79 Å². The monoisotopic (exact) mass is 226 g/mol. The third-order valence-electron chi connectivity index (χ3n) is 2.56. The molecule has 16 heavy (non-hydrogen) atoms. The van der Waals surface area contributed by atoms with Gasteiger partial charge in [0.1, 0.15) is 0 Å². The lowest BCUT2D eigenvalue weighted by Gasteiger charge is -2.16. The molecular weight excluding hydrogens is 208 g/mol. The molecule has 2 N–H and O–H groups in total. The van der Waals surface area contributed by atoms with Crippen LogP contribution in [0, 0.1) is 5.92 Å². The topological polar surface area (TPSA) is 80.0 Å². The quantitative estimate of drug-likeness (QED) is 0.743. The van der Waals surface area contributed by atoms with E-state index in [1.807, 2.05) is 0 Å². The van der Waals surface area contributed by atoms with Crippen LogP contribution in [-0.2, 0) is 6.54 Å². The Bertz CT molecular complexity index is 348. The standard InChI is InChI=1S/C10H18N4O2/c1-7(2)8(3)11-4-5-14-6-9(10(15)16)12-13-14/h6-8,11H,4-5H2,1-3H3,(H,15,16). The highest BCUT2D eigenvalue weighted by Gasteiger charge is 2.09. The summed E-state index contributed by atoms with van der Waals surface area (Å²) < 4.78 is 1.53. The van der Waals surface area contributed by atoms with Gasteiger partial charge in [-0.3, -0.25) is 4.68 Å². The Morgan fingerprint density at radius 1 is 1.56 bits per heavy atom. The third-order valence-corrected chi connectivity index (χ3v) is 2.56. The van der Waals surface area contributed by atoms with Crippen molar-refractivity contribution in [3.63, 3.8) is 0 Å². The maximum Gasteiger partial charge on any atom is 0.358 e. The minimum atomic E-state index is -1.05. The highest BCUT2D eigenvalue weighted by Crippen LogP contribution is 1.99. The molecule has 6 nitrogen and oxygen atoms in total. The first kappa shape index (κ1) is 12.6. The summed E-state index contributed by atoms with van der Waals surface area (Å²) in [7, 11) is 0. The summed E-state index contributed by atoms with van der Waals surface area (Å²) in [5.41, 5.74) is -0.0168. The van der Waals surface area contributed by atoms with Gasteiger partial charge in [0.2, 0.25) is 0 Å². The predicted molar refractivity (Wildman–Crippen MR) is 59.3 cm³/mol. The minimum Gasteiger partial charge on any atom is -0.476 e. The Morgan fingerprint density at radius 2 is 2.25 bits per heavy atom. The Hall–Kier alpha value is -1.43. The Labute approximate surface area is 94.7 Å². The van der Waals surface area contributed by atoms with Gasteiger partial charge in [0, 0.05) is 12.6 Å². The zero-order valence-corrected chi connectivity index (χ0v) is 9.84. The molecule has 0 spiro atoms. The van der Waals surface area contributed by atoms with E-state index < -0.39 is 5.97 Å². The van der Waals surface area contributed by atoms with Crippen LogP contribution in [0.5, 0.6) is 0 Å². The molecule has 0 radical (unpaired) electrons. The fraction of sp³-hybridized carbons (Fsp3) is 0.700. The molecule has 1 aromatic heterocycles. The van der Waals surface area contributed by atoms with Crippen molar-refractivity contribution in [1.82, 2.24) is 20.3 Å². The lowest BCUT2D eigenvalue weighted by molar-refractivity contribution is 0.0690. The maximum atomic E-state index is 10.6. The summed E-state index contributed by atoms with van der Waals surface area (Å²) in [6, 6.07) is 0.433. The fourth-order valence-corrected chi connectivity index (χ4v) is 1.15. The van der Waals surface area contributed by atoms with Crippen LogP contribution in [0.25, 0.3) is 0 Å². The predicted octanol–water partition coefficient (Wildman–Crippen LogP) is 0.610. The van der Waals surface area contributed by atoms with Crippen LogP contribution in [0.2, 0.25) is 0 Å². The highest BCUT2D eigenvalue weighted by molar-refractivity contribution is 5.84. The second-order valence-corrected chi connectivity index (χ2v) is 4.16. The van der Waals surface area contributed by atoms with Gasteiger partial charge in [-0.2, -0.15) is 0 Å². The van der Waals surface area contributed by atoms with Gasteiger partial charge in [0.25, 0.3) is 0 Å². The van der Waals surface area contributed by atoms with Crippen LogP contribution in [0.1, 0.15) is 31.3 Å². The molecule has 0 fully saturated rings. The number of rotatable bonds is 6. The SMILES string of the molecule is CC(C)C(C)NCCn1cc(C(=O)O)nn1. The van der Waals surface area contributed by atoms with Crippen LogP contribution in [0.4, 0.5) is 0 Å². The molecular formula is C10H18N4O2. The number of nitrogens with zero attached hydrogens (tertiary/aromatic N) is 3. The second-order valence-electron chi connectivity index (χ2n) is 4.16. The summed E-state index contributed by atoms with van der Waals surface area (Å²) in [5.74, 6) is -0.472. The first-order valence-electron chi connectivity index (χ1n) is 5.37. The fourth-order valence-electron chi connectivity index (χ4n) is 1.15. The van der Waals surface area contributed by atoms with Gasteiger partial charge >= 0.3 is 5.97 Å². The minimum absolute atomic E-state index is 0.0168. The second kappa shape index (κ2) is 5.60. The molecule has 0 saturated carbocycles. The van der Waals surface area contributed by atoms with E-state index in [-0.39, 0.29) is 5.69 Å². The molecule has 0 bridgehead atoms. The van der Waals surface area contributed by atoms with Crippen LogP contribution < -0.4 is 5.32 Å². The molecule has 0 aliphatic carbocycles. The van der Waals surface area contributed by atoms with Crippen molar-refractivity contribution in [1.29, 1.82) is 0 Å². The normalized spacial score (nSPS) is 13.0. The number of hydrogen-bond donors (Lipinski definition) is 2. The number of hydrogen-bond acceptors (Lipinski definition) is 4. The first-order chi connectivity index (χ1) is 7.50. The summed E-state index contributed by atoms with van der Waals surface area (Å²) in [6.45, 7) is 7.79. The van der Waals surface area contributed by atoms with Crippen molar-refractivity contribution < 1.29 is 9.90 Å². The number of nitrogens with one attached hydrogen (secondary N) is 1. The smallest absolute Gasteiger partial charge is 0.358 e. The molecule has 90 valence electrons. The molecule has 0 aromatic carbocycles. The van der Waals surface area contributed by atoms with E-state index in [4.69, 9.17) is 5.11 Å². The molecule has 0 amide bonds. The van der Waals surface area contributed by atoms with Crippen LogP contribution in [0.15, 0.2) is 6.20 Å². The van der Waals surface area contributed by atoms with Gasteiger partial charge in [0.15, 0.2) is 5.69 Å². The van der Waals surface area contributed by atoms with E-state index in [0.29, 0.717) is 18.5 Å². The molecule has 0 aliphatic heterocycles. The van der Waals surface area contributed by atoms with E-state index >= 15 is 0 Å². The van der Waals surface area contributed by atoms with Gasteiger partial charge in [-0.15, -0.1) is 5.10 Å². The Kier molecular flexibility index (Phi) is 4.42. The van der Waals surface area contributed by atoms with Gasteiger partial charge < -0.3 is 10.4 Å². The van der Waals surface area contributed by atoms with Crippen molar-refractivity contribution >= 4 is 5.97 Å². The van der Waals surface area contributed by atoms with E-state index in [0.717, 1.165) is 6.54 Å². The molecule has 1 atom stereocenters. The van der Waals surface area contributed by atoms with Crippen molar-refractivity contribution in [3.05, 3.63) is 11.9 Å². The van der Waals surface area contributed by atoms with Gasteiger partial charge in [0.05, 0.1) is 12.7 Å². The number of carbonyl (C=O) groups is 1. The van der Waals surface area contributed by atoms with Crippen molar-refractivity contribution in [3.8, 4) is 0 Å². The summed E-state index contributed by atoms with van der Waals surface area (Å²) >= 11 is 0. The molecule has 0 saturated heterocycles. The van der Waals surface area contributed by atoms with E-state index in [1.54, 1.807) is 0 Å². The van der Waals surface area contributed by atoms with Gasteiger partial charge in [-0.25, -0.2) is 4.79 Å². The Morgan fingerprint density at radius 3 is 2.75 bits per heavy atom. The highest BCUT2D eigenvalue weighted by atomic mass is 16.4. The summed E-state index contributed by atoms with van der Waals surface area (Å²) in [6.07, 6.45) is 1.43. The average Bonchev–Trinajstić information content (AvgIpc) is 2.66. The molecule has 1 rings (SSSR count). The average molecular weight is 226 g/mol. The number of aromatic carboxylic acids is 1. The third kappa shape index (κ3) is 3.62. The maximum absolute atomic E-state index is 10.6. The molecule has 1 heterocycles. The first-order valence-corrected chi connectivity index (χ1v) is 5.37. The summed E-state index contributed by atoms with van der Waals surface area (Å²) in [4.78, 5) is 10.6. The van der Waals surface area contributed by atoms with Crippen molar-refractivity contribution in [2.75, 3.05) is 6.54 Å². The largest absolute Gasteiger partial charge is 0.476 e. The molecule has 6 heteroatoms. The van der Waals surface area contributed by atoms with Crippen LogP contribution in [-0.4, -0.2) is 38.7 Å². The number of carboxylic acids is 1. The van der Waals surface area contributed by atoms with Crippen molar-refractivity contribution in [2.24, 2.45) is 5.92 Å². The Balaban J connectivity index is 2.35. The molecule has 1 unspecified atom stereocenters. The van der Waals surface area contributed by atoms with Gasteiger partial charge in [-0.05, 0) is 12.8 Å². The lowest BCUT2D eigenvalue weighted by atomic mass is 10.1. The molecule has 1 aromatic rings. The van der Waals surface area contributed by atoms with E-state index in [2.05, 4.69) is 36.4 Å². The lowest BCUT2D eigenvalue weighted by Crippen LogP contribution is -2.33. The van der Waals surface area contributed by atoms with Gasteiger partial charge in [-0.1, -0.05) is 19.1 Å². The zero-order chi connectivity index (χ0) is 12.1. The molecule has 0 aliphatic rings.